The predicted molar refractivity (Wildman–Crippen MR) is 104 cm³/mol. The molecule has 1 heterocycles. The van der Waals surface area contributed by atoms with Crippen LogP contribution >= 0.6 is 35.3 Å². The van der Waals surface area contributed by atoms with Gasteiger partial charge < -0.3 is 14.7 Å². The van der Waals surface area contributed by atoms with E-state index in [2.05, 4.69) is 0 Å². The Hall–Kier alpha value is -0.540. The molecule has 0 spiro atoms. The Morgan fingerprint density at radius 1 is 0.625 bits per heavy atom. The minimum absolute atomic E-state index is 0.00520. The molecule has 0 aromatic heterocycles. The van der Waals surface area contributed by atoms with Gasteiger partial charge in [-0.15, -0.1) is 0 Å². The summed E-state index contributed by atoms with van der Waals surface area (Å²) in [5.74, 6) is 2.22. The van der Waals surface area contributed by atoms with Crippen molar-refractivity contribution in [3.05, 3.63) is 0 Å². The SMILES string of the molecule is CSCCC(=O)N1CN(C(=O)CCSC)CN(C(=O)CCSC)C1. The number of hydrogen-bond acceptors (Lipinski definition) is 6. The smallest absolute Gasteiger partial charge is 0.226 e. The zero-order valence-electron chi connectivity index (χ0n) is 14.7. The molecule has 9 heteroatoms. The van der Waals surface area contributed by atoms with Gasteiger partial charge in [0.05, 0.1) is 20.0 Å². The second-order valence-electron chi connectivity index (χ2n) is 5.45. The van der Waals surface area contributed by atoms with E-state index in [4.69, 9.17) is 0 Å². The summed E-state index contributed by atoms with van der Waals surface area (Å²) in [6.45, 7) is 0.853. The Morgan fingerprint density at radius 3 is 1.08 bits per heavy atom. The number of amides is 3. The van der Waals surface area contributed by atoms with Gasteiger partial charge in [-0.05, 0) is 18.8 Å². The first kappa shape index (κ1) is 21.5. The molecular weight excluding hydrogens is 366 g/mol. The summed E-state index contributed by atoms with van der Waals surface area (Å²) >= 11 is 4.85. The Bertz CT molecular complexity index is 370. The third kappa shape index (κ3) is 7.14. The second kappa shape index (κ2) is 11.9. The van der Waals surface area contributed by atoms with E-state index in [-0.39, 0.29) is 37.7 Å². The van der Waals surface area contributed by atoms with Crippen LogP contribution in [0.3, 0.4) is 0 Å². The van der Waals surface area contributed by atoms with E-state index < -0.39 is 0 Å². The maximum Gasteiger partial charge on any atom is 0.226 e. The van der Waals surface area contributed by atoms with Crippen molar-refractivity contribution in [2.75, 3.05) is 56.0 Å². The van der Waals surface area contributed by atoms with Gasteiger partial charge in [0.1, 0.15) is 0 Å². The molecule has 0 aliphatic carbocycles. The van der Waals surface area contributed by atoms with E-state index >= 15 is 0 Å². The molecule has 0 aromatic rings. The van der Waals surface area contributed by atoms with Crippen molar-refractivity contribution in [2.45, 2.75) is 19.3 Å². The number of hydrogen-bond donors (Lipinski definition) is 0. The lowest BCUT2D eigenvalue weighted by atomic mass is 10.3. The van der Waals surface area contributed by atoms with Gasteiger partial charge in [-0.1, -0.05) is 0 Å². The van der Waals surface area contributed by atoms with E-state index in [0.29, 0.717) is 19.3 Å². The van der Waals surface area contributed by atoms with Gasteiger partial charge in [0.15, 0.2) is 0 Å². The lowest BCUT2D eigenvalue weighted by Crippen LogP contribution is -2.59. The third-order valence-electron chi connectivity index (χ3n) is 3.64. The molecule has 0 bridgehead atoms. The molecule has 1 aliphatic heterocycles. The summed E-state index contributed by atoms with van der Waals surface area (Å²) in [4.78, 5) is 41.9. The molecule has 24 heavy (non-hydrogen) atoms. The van der Waals surface area contributed by atoms with Crippen molar-refractivity contribution in [1.29, 1.82) is 0 Å². The Labute approximate surface area is 157 Å². The number of nitrogens with zero attached hydrogens (tertiary/aromatic N) is 3. The lowest BCUT2D eigenvalue weighted by Gasteiger charge is -2.42. The van der Waals surface area contributed by atoms with Crippen LogP contribution in [0.25, 0.3) is 0 Å². The van der Waals surface area contributed by atoms with Crippen LogP contribution in [0.5, 0.6) is 0 Å². The highest BCUT2D eigenvalue weighted by molar-refractivity contribution is 7.99. The molecule has 0 atom stereocenters. The van der Waals surface area contributed by atoms with E-state index in [0.717, 1.165) is 17.3 Å². The van der Waals surface area contributed by atoms with Gasteiger partial charge in [0.25, 0.3) is 0 Å². The lowest BCUT2D eigenvalue weighted by molar-refractivity contribution is -0.158. The zero-order chi connectivity index (χ0) is 17.9. The summed E-state index contributed by atoms with van der Waals surface area (Å²) in [7, 11) is 0. The van der Waals surface area contributed by atoms with Crippen LogP contribution in [0.4, 0.5) is 0 Å². The van der Waals surface area contributed by atoms with Gasteiger partial charge in [0.2, 0.25) is 17.7 Å². The Kier molecular flexibility index (Phi) is 10.7. The van der Waals surface area contributed by atoms with Crippen LogP contribution in [-0.2, 0) is 14.4 Å². The predicted octanol–water partition coefficient (Wildman–Crippen LogP) is 1.62. The van der Waals surface area contributed by atoms with Crippen LogP contribution in [-0.4, -0.2) is 88.5 Å². The van der Waals surface area contributed by atoms with Crippen LogP contribution in [0.1, 0.15) is 19.3 Å². The van der Waals surface area contributed by atoms with Crippen LogP contribution in [0, 0.1) is 0 Å². The van der Waals surface area contributed by atoms with Crippen molar-refractivity contribution in [3.8, 4) is 0 Å². The molecule has 0 radical (unpaired) electrons. The van der Waals surface area contributed by atoms with Crippen molar-refractivity contribution in [1.82, 2.24) is 14.7 Å². The average molecular weight is 394 g/mol. The first-order chi connectivity index (χ1) is 11.5. The first-order valence-electron chi connectivity index (χ1n) is 7.83. The second-order valence-corrected chi connectivity index (χ2v) is 8.41. The summed E-state index contributed by atoms with van der Waals surface area (Å²) in [5, 5.41) is 0. The fourth-order valence-corrected chi connectivity index (χ4v) is 3.40. The maximum atomic E-state index is 12.3. The molecular formula is C15H27N3O3S3. The van der Waals surface area contributed by atoms with E-state index in [1.54, 1.807) is 50.0 Å². The standard InChI is InChI=1S/C15H27N3O3S3/c1-22-7-4-13(19)16-10-17(14(20)5-8-23-2)12-18(11-16)15(21)6-9-24-3/h4-12H2,1-3H3. The van der Waals surface area contributed by atoms with Crippen LogP contribution in [0.15, 0.2) is 0 Å². The molecule has 1 fully saturated rings. The highest BCUT2D eigenvalue weighted by Gasteiger charge is 2.31. The van der Waals surface area contributed by atoms with Gasteiger partial charge in [-0.25, -0.2) is 0 Å². The molecule has 3 amide bonds. The molecule has 1 aliphatic rings. The Morgan fingerprint density at radius 2 is 0.875 bits per heavy atom. The van der Waals surface area contributed by atoms with Gasteiger partial charge in [-0.2, -0.15) is 35.3 Å². The number of thioether (sulfide) groups is 3. The molecule has 6 nitrogen and oxygen atoms in total. The highest BCUT2D eigenvalue weighted by atomic mass is 32.2. The highest BCUT2D eigenvalue weighted by Crippen LogP contribution is 2.14. The fraction of sp³-hybridized carbons (Fsp3) is 0.800. The topological polar surface area (TPSA) is 60.9 Å². The summed E-state index contributed by atoms with van der Waals surface area (Å²) in [6, 6.07) is 0. The van der Waals surface area contributed by atoms with Crippen molar-refractivity contribution < 1.29 is 14.4 Å². The van der Waals surface area contributed by atoms with E-state index in [1.165, 1.54) is 0 Å². The molecule has 1 saturated heterocycles. The molecule has 138 valence electrons. The number of rotatable bonds is 9. The number of carbonyl (C=O) groups is 3. The zero-order valence-corrected chi connectivity index (χ0v) is 17.1. The van der Waals surface area contributed by atoms with Crippen LogP contribution < -0.4 is 0 Å². The quantitative estimate of drug-likeness (QED) is 0.593. The summed E-state index contributed by atoms with van der Waals surface area (Å²) < 4.78 is 0. The van der Waals surface area contributed by atoms with Gasteiger partial charge >= 0.3 is 0 Å². The minimum atomic E-state index is -0.00520. The minimum Gasteiger partial charge on any atom is -0.307 e. The van der Waals surface area contributed by atoms with Crippen LogP contribution in [0.2, 0.25) is 0 Å². The van der Waals surface area contributed by atoms with E-state index in [1.807, 2.05) is 18.8 Å². The molecule has 1 rings (SSSR count). The van der Waals surface area contributed by atoms with Crippen molar-refractivity contribution in [2.24, 2.45) is 0 Å². The third-order valence-corrected chi connectivity index (χ3v) is 5.48. The first-order valence-corrected chi connectivity index (χ1v) is 12.0. The summed E-state index contributed by atoms with van der Waals surface area (Å²) in [6.07, 6.45) is 7.17. The van der Waals surface area contributed by atoms with Crippen molar-refractivity contribution >= 4 is 53.0 Å². The average Bonchev–Trinajstić information content (AvgIpc) is 2.61. The molecule has 0 N–H and O–H groups in total. The van der Waals surface area contributed by atoms with Gasteiger partial charge in [0, 0.05) is 36.5 Å². The fourth-order valence-electron chi connectivity index (χ4n) is 2.27. The molecule has 0 unspecified atom stereocenters. The normalized spacial score (nSPS) is 14.9. The van der Waals surface area contributed by atoms with Crippen molar-refractivity contribution in [3.63, 3.8) is 0 Å². The molecule has 0 saturated carbocycles. The monoisotopic (exact) mass is 393 g/mol. The number of carbonyl (C=O) groups excluding carboxylic acids is 3. The Balaban J connectivity index is 2.75. The maximum absolute atomic E-state index is 12.3. The van der Waals surface area contributed by atoms with E-state index in [9.17, 15) is 14.4 Å². The summed E-state index contributed by atoms with van der Waals surface area (Å²) in [5.41, 5.74) is 0. The van der Waals surface area contributed by atoms with Gasteiger partial charge in [-0.3, -0.25) is 14.4 Å². The molecule has 0 aromatic carbocycles. The largest absolute Gasteiger partial charge is 0.307 e.